The summed E-state index contributed by atoms with van der Waals surface area (Å²) in [6.07, 6.45) is 0.831. The first kappa shape index (κ1) is 15.7. The minimum atomic E-state index is -3.43. The number of aryl methyl sites for hydroxylation is 2. The summed E-state index contributed by atoms with van der Waals surface area (Å²) >= 11 is 1.26. The molecule has 0 spiro atoms. The van der Waals surface area contributed by atoms with E-state index in [1.165, 1.54) is 15.6 Å². The highest BCUT2D eigenvalue weighted by atomic mass is 32.2. The lowest BCUT2D eigenvalue weighted by atomic mass is 10.1. The van der Waals surface area contributed by atoms with Gasteiger partial charge in [-0.3, -0.25) is 0 Å². The summed E-state index contributed by atoms with van der Waals surface area (Å²) in [5, 5.41) is 3.92. The Morgan fingerprint density at radius 3 is 2.82 bits per heavy atom. The normalized spacial score (nSPS) is 19.9. The minimum absolute atomic E-state index is 0.261. The maximum atomic E-state index is 12.7. The maximum absolute atomic E-state index is 12.7. The minimum Gasteiger partial charge on any atom is -0.361 e. The number of hydrogen-bond donors (Lipinski definition) is 1. The van der Waals surface area contributed by atoms with Crippen molar-refractivity contribution in [3.05, 3.63) is 23.6 Å². The smallest absolute Gasteiger partial charge is 0.252 e. The Labute approximate surface area is 134 Å². The Balaban J connectivity index is 1.91. The van der Waals surface area contributed by atoms with E-state index in [1.807, 2.05) is 19.9 Å². The van der Waals surface area contributed by atoms with E-state index in [2.05, 4.69) is 5.16 Å². The van der Waals surface area contributed by atoms with E-state index < -0.39 is 10.0 Å². The summed E-state index contributed by atoms with van der Waals surface area (Å²) in [4.78, 5) is 0.865. The summed E-state index contributed by atoms with van der Waals surface area (Å²) in [5.41, 5.74) is 7.30. The molecule has 1 aliphatic heterocycles. The molecule has 1 atom stereocenters. The van der Waals surface area contributed by atoms with Crippen molar-refractivity contribution in [1.29, 1.82) is 0 Å². The van der Waals surface area contributed by atoms with Crippen LogP contribution in [0.2, 0.25) is 0 Å². The molecule has 2 N–H and O–H groups in total. The van der Waals surface area contributed by atoms with E-state index in [0.29, 0.717) is 29.6 Å². The van der Waals surface area contributed by atoms with Crippen LogP contribution in [0.3, 0.4) is 0 Å². The van der Waals surface area contributed by atoms with Crippen molar-refractivity contribution in [3.63, 3.8) is 0 Å². The second-order valence-corrected chi connectivity index (χ2v) is 8.82. The van der Waals surface area contributed by atoms with Crippen LogP contribution in [0.5, 0.6) is 0 Å². The van der Waals surface area contributed by atoms with Crippen molar-refractivity contribution in [3.8, 4) is 10.4 Å². The summed E-state index contributed by atoms with van der Waals surface area (Å²) in [6.45, 7) is 5.27. The standard InChI is InChI=1S/C14H19N3O3S2/c1-9-14(10(2)20-16-9)12-3-4-13(21-12)22(18,19)17-6-5-11(7-15)8-17/h3-4,11H,5-8,15H2,1-2H3. The Bertz CT molecular complexity index is 760. The van der Waals surface area contributed by atoms with Gasteiger partial charge in [0.1, 0.15) is 9.97 Å². The van der Waals surface area contributed by atoms with Gasteiger partial charge < -0.3 is 10.3 Å². The van der Waals surface area contributed by atoms with Gasteiger partial charge in [-0.25, -0.2) is 8.42 Å². The van der Waals surface area contributed by atoms with Crippen LogP contribution in [0.4, 0.5) is 0 Å². The van der Waals surface area contributed by atoms with Crippen LogP contribution < -0.4 is 5.73 Å². The molecule has 0 radical (unpaired) electrons. The second-order valence-electron chi connectivity index (χ2n) is 5.57. The molecular weight excluding hydrogens is 322 g/mol. The molecule has 2 aromatic heterocycles. The monoisotopic (exact) mass is 341 g/mol. The fourth-order valence-electron chi connectivity index (χ4n) is 2.76. The van der Waals surface area contributed by atoms with E-state index >= 15 is 0 Å². The molecule has 0 saturated carbocycles. The highest BCUT2D eigenvalue weighted by molar-refractivity contribution is 7.91. The molecule has 6 nitrogen and oxygen atoms in total. The SMILES string of the molecule is Cc1noc(C)c1-c1ccc(S(=O)(=O)N2CCC(CN)C2)s1. The predicted octanol–water partition coefficient (Wildman–Crippen LogP) is 1.99. The molecule has 1 unspecified atom stereocenters. The van der Waals surface area contributed by atoms with Crippen LogP contribution in [0.15, 0.2) is 20.9 Å². The third-order valence-corrected chi connectivity index (χ3v) is 7.47. The van der Waals surface area contributed by atoms with Crippen LogP contribution in [0, 0.1) is 19.8 Å². The highest BCUT2D eigenvalue weighted by Gasteiger charge is 2.33. The first-order valence-corrected chi connectivity index (χ1v) is 9.42. The van der Waals surface area contributed by atoms with E-state index in [0.717, 1.165) is 22.6 Å². The molecule has 8 heteroatoms. The second kappa shape index (κ2) is 5.77. The third-order valence-electron chi connectivity index (χ3n) is 4.04. The average Bonchev–Trinajstić information content (AvgIpc) is 3.19. The molecule has 0 bridgehead atoms. The van der Waals surface area contributed by atoms with Gasteiger partial charge in [-0.1, -0.05) is 5.16 Å². The third kappa shape index (κ3) is 2.60. The molecule has 1 saturated heterocycles. The zero-order valence-electron chi connectivity index (χ0n) is 12.6. The molecule has 3 heterocycles. The lowest BCUT2D eigenvalue weighted by molar-refractivity contribution is 0.393. The van der Waals surface area contributed by atoms with Crippen molar-refractivity contribution in [1.82, 2.24) is 9.46 Å². The Hall–Kier alpha value is -1.22. The van der Waals surface area contributed by atoms with Crippen molar-refractivity contribution < 1.29 is 12.9 Å². The molecule has 22 heavy (non-hydrogen) atoms. The molecule has 0 aromatic carbocycles. The van der Waals surface area contributed by atoms with Crippen LogP contribution in [-0.4, -0.2) is 37.5 Å². The maximum Gasteiger partial charge on any atom is 0.252 e. The molecule has 1 aliphatic rings. The van der Waals surface area contributed by atoms with E-state index in [-0.39, 0.29) is 5.92 Å². The van der Waals surface area contributed by atoms with Crippen LogP contribution in [0.25, 0.3) is 10.4 Å². The average molecular weight is 341 g/mol. The van der Waals surface area contributed by atoms with Crippen molar-refractivity contribution in [2.24, 2.45) is 11.7 Å². The Kier molecular flexibility index (Phi) is 4.11. The van der Waals surface area contributed by atoms with Gasteiger partial charge in [0.15, 0.2) is 0 Å². The zero-order valence-corrected chi connectivity index (χ0v) is 14.2. The summed E-state index contributed by atoms with van der Waals surface area (Å²) in [5.74, 6) is 0.962. The largest absolute Gasteiger partial charge is 0.361 e. The number of rotatable bonds is 4. The van der Waals surface area contributed by atoms with Gasteiger partial charge in [0.2, 0.25) is 0 Å². The number of sulfonamides is 1. The fraction of sp³-hybridized carbons (Fsp3) is 0.500. The quantitative estimate of drug-likeness (QED) is 0.918. The summed E-state index contributed by atoms with van der Waals surface area (Å²) in [6, 6.07) is 3.48. The number of aromatic nitrogens is 1. The predicted molar refractivity (Wildman–Crippen MR) is 85.2 cm³/mol. The Morgan fingerprint density at radius 2 is 2.23 bits per heavy atom. The first-order chi connectivity index (χ1) is 10.4. The van der Waals surface area contributed by atoms with Crippen LogP contribution >= 0.6 is 11.3 Å². The van der Waals surface area contributed by atoms with Gasteiger partial charge in [-0.05, 0) is 44.9 Å². The van der Waals surface area contributed by atoms with Gasteiger partial charge in [-0.2, -0.15) is 4.31 Å². The van der Waals surface area contributed by atoms with Gasteiger partial charge in [-0.15, -0.1) is 11.3 Å². The Morgan fingerprint density at radius 1 is 1.45 bits per heavy atom. The van der Waals surface area contributed by atoms with Crippen molar-refractivity contribution in [2.75, 3.05) is 19.6 Å². The summed E-state index contributed by atoms with van der Waals surface area (Å²) < 4.78 is 32.5. The van der Waals surface area contributed by atoms with Crippen LogP contribution in [0.1, 0.15) is 17.9 Å². The number of nitrogens with zero attached hydrogens (tertiary/aromatic N) is 2. The van der Waals surface area contributed by atoms with Crippen molar-refractivity contribution in [2.45, 2.75) is 24.5 Å². The first-order valence-electron chi connectivity index (χ1n) is 7.16. The highest BCUT2D eigenvalue weighted by Crippen LogP contribution is 2.36. The fourth-order valence-corrected chi connectivity index (χ4v) is 5.90. The lowest BCUT2D eigenvalue weighted by Crippen LogP contribution is -2.29. The van der Waals surface area contributed by atoms with E-state index in [4.69, 9.17) is 10.3 Å². The molecule has 0 amide bonds. The number of hydrogen-bond acceptors (Lipinski definition) is 6. The molecule has 2 aromatic rings. The van der Waals surface area contributed by atoms with Gasteiger partial charge in [0.05, 0.1) is 11.3 Å². The zero-order chi connectivity index (χ0) is 15.9. The van der Waals surface area contributed by atoms with Crippen LogP contribution in [-0.2, 0) is 10.0 Å². The van der Waals surface area contributed by atoms with E-state index in [9.17, 15) is 8.42 Å². The van der Waals surface area contributed by atoms with E-state index in [1.54, 1.807) is 6.07 Å². The molecule has 120 valence electrons. The van der Waals surface area contributed by atoms with Gasteiger partial charge in [0.25, 0.3) is 10.0 Å². The topological polar surface area (TPSA) is 89.4 Å². The molecular formula is C14H19N3O3S2. The number of thiophene rings is 1. The molecule has 3 rings (SSSR count). The number of nitrogens with two attached hydrogens (primary N) is 1. The van der Waals surface area contributed by atoms with Crippen molar-refractivity contribution >= 4 is 21.4 Å². The van der Waals surface area contributed by atoms with Gasteiger partial charge in [0, 0.05) is 18.0 Å². The molecule has 0 aliphatic carbocycles. The summed E-state index contributed by atoms with van der Waals surface area (Å²) in [7, 11) is -3.43. The lowest BCUT2D eigenvalue weighted by Gasteiger charge is -2.14. The molecule has 1 fully saturated rings. The van der Waals surface area contributed by atoms with Gasteiger partial charge >= 0.3 is 0 Å².